The van der Waals surface area contributed by atoms with Crippen LogP contribution in [-0.2, 0) is 11.3 Å². The van der Waals surface area contributed by atoms with Gasteiger partial charge in [-0.05, 0) is 54.5 Å². The molecule has 0 spiro atoms. The first-order valence-corrected chi connectivity index (χ1v) is 7.13. The minimum Gasteiger partial charge on any atom is -0.372 e. The molecule has 1 aromatic carbocycles. The van der Waals surface area contributed by atoms with Crippen LogP contribution in [0.3, 0.4) is 0 Å². The molecule has 1 N–H and O–H groups in total. The Morgan fingerprint density at radius 3 is 2.83 bits per heavy atom. The lowest BCUT2D eigenvalue weighted by atomic mass is 10.1. The number of nitrogens with zero attached hydrogens (tertiary/aromatic N) is 1. The van der Waals surface area contributed by atoms with Gasteiger partial charge in [0.25, 0.3) is 0 Å². The van der Waals surface area contributed by atoms with E-state index in [0.29, 0.717) is 0 Å². The zero-order valence-corrected chi connectivity index (χ0v) is 12.9. The first-order valence-electron chi connectivity index (χ1n) is 6.34. The molecule has 1 aromatic rings. The maximum atomic E-state index is 5.75. The molecule has 0 atom stereocenters. The second-order valence-corrected chi connectivity index (χ2v) is 6.20. The Balaban J connectivity index is 2.18. The number of halogens is 1. The van der Waals surface area contributed by atoms with Crippen molar-refractivity contribution >= 4 is 21.6 Å². The number of ether oxygens (including phenoxy) is 1. The van der Waals surface area contributed by atoms with Gasteiger partial charge in [-0.15, -0.1) is 0 Å². The van der Waals surface area contributed by atoms with Crippen molar-refractivity contribution in [2.24, 2.45) is 0 Å². The highest BCUT2D eigenvalue weighted by Gasteiger charge is 2.28. The summed E-state index contributed by atoms with van der Waals surface area (Å²) >= 11 is 3.68. The number of hydrogen-bond donors (Lipinski definition) is 1. The summed E-state index contributed by atoms with van der Waals surface area (Å²) in [6.07, 6.45) is 0. The molecule has 1 saturated heterocycles. The highest BCUT2D eigenvalue weighted by molar-refractivity contribution is 9.10. The molecule has 1 aliphatic rings. The Morgan fingerprint density at radius 1 is 1.44 bits per heavy atom. The van der Waals surface area contributed by atoms with Crippen LogP contribution in [0.15, 0.2) is 22.7 Å². The third-order valence-corrected chi connectivity index (χ3v) is 3.79. The molecule has 18 heavy (non-hydrogen) atoms. The molecule has 0 saturated carbocycles. The van der Waals surface area contributed by atoms with Crippen LogP contribution in [0.2, 0.25) is 0 Å². The van der Waals surface area contributed by atoms with Gasteiger partial charge in [0.05, 0.1) is 17.9 Å². The fraction of sp³-hybridized carbons (Fsp3) is 0.571. The number of morpholine rings is 1. The van der Waals surface area contributed by atoms with Crippen molar-refractivity contribution in [1.82, 2.24) is 5.32 Å². The van der Waals surface area contributed by atoms with Gasteiger partial charge in [-0.25, -0.2) is 0 Å². The van der Waals surface area contributed by atoms with E-state index in [1.165, 1.54) is 11.3 Å². The molecule has 1 aliphatic heterocycles. The van der Waals surface area contributed by atoms with E-state index in [1.54, 1.807) is 0 Å². The SMILES string of the molecule is CNCc1ccc(N2CCOC(C)(C)C2)c(Br)c1. The summed E-state index contributed by atoms with van der Waals surface area (Å²) in [6, 6.07) is 6.56. The molecular formula is C14H21BrN2O. The predicted molar refractivity (Wildman–Crippen MR) is 79.1 cm³/mol. The van der Waals surface area contributed by atoms with Crippen LogP contribution in [0.1, 0.15) is 19.4 Å². The zero-order chi connectivity index (χ0) is 13.2. The van der Waals surface area contributed by atoms with Crippen LogP contribution in [-0.4, -0.2) is 32.3 Å². The molecule has 1 fully saturated rings. The van der Waals surface area contributed by atoms with Gasteiger partial charge in [0, 0.05) is 24.1 Å². The van der Waals surface area contributed by atoms with Gasteiger partial charge >= 0.3 is 0 Å². The first kappa shape index (κ1) is 13.8. The summed E-state index contributed by atoms with van der Waals surface area (Å²) in [4.78, 5) is 2.39. The molecular weight excluding hydrogens is 292 g/mol. The summed E-state index contributed by atoms with van der Waals surface area (Å²) in [7, 11) is 1.96. The highest BCUT2D eigenvalue weighted by Crippen LogP contribution is 2.30. The largest absolute Gasteiger partial charge is 0.372 e. The van der Waals surface area contributed by atoms with Crippen molar-refractivity contribution in [3.63, 3.8) is 0 Å². The van der Waals surface area contributed by atoms with Gasteiger partial charge in [-0.2, -0.15) is 0 Å². The number of benzene rings is 1. The summed E-state index contributed by atoms with van der Waals surface area (Å²) in [5.41, 5.74) is 2.48. The summed E-state index contributed by atoms with van der Waals surface area (Å²) < 4.78 is 6.91. The van der Waals surface area contributed by atoms with Crippen LogP contribution in [0.5, 0.6) is 0 Å². The van der Waals surface area contributed by atoms with Gasteiger partial charge in [-0.1, -0.05) is 6.07 Å². The molecule has 0 unspecified atom stereocenters. The lowest BCUT2D eigenvalue weighted by Gasteiger charge is -2.39. The zero-order valence-electron chi connectivity index (χ0n) is 11.3. The molecule has 4 heteroatoms. The van der Waals surface area contributed by atoms with E-state index in [9.17, 15) is 0 Å². The van der Waals surface area contributed by atoms with Crippen molar-refractivity contribution in [3.05, 3.63) is 28.2 Å². The highest BCUT2D eigenvalue weighted by atomic mass is 79.9. The van der Waals surface area contributed by atoms with E-state index in [2.05, 4.69) is 58.2 Å². The molecule has 2 rings (SSSR count). The smallest absolute Gasteiger partial charge is 0.0801 e. The molecule has 0 aliphatic carbocycles. The topological polar surface area (TPSA) is 24.5 Å². The van der Waals surface area contributed by atoms with Crippen LogP contribution < -0.4 is 10.2 Å². The fourth-order valence-electron chi connectivity index (χ4n) is 2.34. The maximum Gasteiger partial charge on any atom is 0.0801 e. The Labute approximate surface area is 118 Å². The molecule has 1 heterocycles. The lowest BCUT2D eigenvalue weighted by Crippen LogP contribution is -2.48. The van der Waals surface area contributed by atoms with Crippen molar-refractivity contribution in [3.8, 4) is 0 Å². The van der Waals surface area contributed by atoms with Gasteiger partial charge in [0.1, 0.15) is 0 Å². The fourth-order valence-corrected chi connectivity index (χ4v) is 3.02. The normalized spacial score (nSPS) is 19.0. The van der Waals surface area contributed by atoms with E-state index in [4.69, 9.17) is 4.74 Å². The van der Waals surface area contributed by atoms with E-state index < -0.39 is 0 Å². The maximum absolute atomic E-state index is 5.75. The molecule has 0 amide bonds. The molecule has 0 bridgehead atoms. The average molecular weight is 313 g/mol. The van der Waals surface area contributed by atoms with Gasteiger partial charge < -0.3 is 15.0 Å². The predicted octanol–water partition coefficient (Wildman–Crippen LogP) is 2.78. The molecule has 3 nitrogen and oxygen atoms in total. The third kappa shape index (κ3) is 3.25. The van der Waals surface area contributed by atoms with Crippen LogP contribution in [0, 0.1) is 0 Å². The van der Waals surface area contributed by atoms with Crippen molar-refractivity contribution in [2.75, 3.05) is 31.6 Å². The molecule has 0 radical (unpaired) electrons. The lowest BCUT2D eigenvalue weighted by molar-refractivity contribution is -0.0277. The van der Waals surface area contributed by atoms with Crippen molar-refractivity contribution in [2.45, 2.75) is 26.0 Å². The second-order valence-electron chi connectivity index (χ2n) is 5.35. The second kappa shape index (κ2) is 5.59. The van der Waals surface area contributed by atoms with E-state index >= 15 is 0 Å². The van der Waals surface area contributed by atoms with E-state index in [1.807, 2.05) is 7.05 Å². The van der Waals surface area contributed by atoms with Gasteiger partial charge in [-0.3, -0.25) is 0 Å². The van der Waals surface area contributed by atoms with Crippen LogP contribution in [0.4, 0.5) is 5.69 Å². The van der Waals surface area contributed by atoms with Crippen LogP contribution in [0.25, 0.3) is 0 Å². The van der Waals surface area contributed by atoms with Crippen molar-refractivity contribution in [1.29, 1.82) is 0 Å². The van der Waals surface area contributed by atoms with Crippen molar-refractivity contribution < 1.29 is 4.74 Å². The molecule has 100 valence electrons. The number of nitrogens with one attached hydrogen (secondary N) is 1. The Hall–Kier alpha value is -0.580. The average Bonchev–Trinajstić information content (AvgIpc) is 2.28. The number of rotatable bonds is 3. The van der Waals surface area contributed by atoms with Gasteiger partial charge in [0.15, 0.2) is 0 Å². The quantitative estimate of drug-likeness (QED) is 0.929. The Kier molecular flexibility index (Phi) is 4.30. The molecule has 0 aromatic heterocycles. The Bertz CT molecular complexity index is 420. The number of anilines is 1. The summed E-state index contributed by atoms with van der Waals surface area (Å²) in [5.74, 6) is 0. The van der Waals surface area contributed by atoms with E-state index in [-0.39, 0.29) is 5.60 Å². The Morgan fingerprint density at radius 2 is 2.22 bits per heavy atom. The standard InChI is InChI=1S/C14H21BrN2O/c1-14(2)10-17(6-7-18-14)13-5-4-11(9-16-3)8-12(13)15/h4-5,8,16H,6-7,9-10H2,1-3H3. The summed E-state index contributed by atoms with van der Waals surface area (Å²) in [5, 5.41) is 3.17. The minimum atomic E-state index is -0.0681. The number of hydrogen-bond acceptors (Lipinski definition) is 3. The van der Waals surface area contributed by atoms with E-state index in [0.717, 1.165) is 30.7 Å². The first-order chi connectivity index (χ1) is 8.52. The minimum absolute atomic E-state index is 0.0681. The van der Waals surface area contributed by atoms with Crippen LogP contribution >= 0.6 is 15.9 Å². The monoisotopic (exact) mass is 312 g/mol. The summed E-state index contributed by atoms with van der Waals surface area (Å²) in [6.45, 7) is 7.85. The van der Waals surface area contributed by atoms with Gasteiger partial charge in [0.2, 0.25) is 0 Å². The third-order valence-electron chi connectivity index (χ3n) is 3.16.